The van der Waals surface area contributed by atoms with Crippen molar-refractivity contribution in [1.82, 2.24) is 10.2 Å². The molecule has 0 saturated carbocycles. The van der Waals surface area contributed by atoms with Gasteiger partial charge in [0.25, 0.3) is 0 Å². The molecule has 1 atom stereocenters. The van der Waals surface area contributed by atoms with Crippen LogP contribution in [0.1, 0.15) is 39.5 Å². The van der Waals surface area contributed by atoms with E-state index in [0.717, 1.165) is 5.92 Å². The molecule has 1 N–H and O–H groups in total. The molecule has 1 heterocycles. The Balaban J connectivity index is 2.02. The fourth-order valence-electron chi connectivity index (χ4n) is 2.05. The zero-order chi connectivity index (χ0) is 10.4. The maximum Gasteiger partial charge on any atom is 0.00362 e. The van der Waals surface area contributed by atoms with Gasteiger partial charge in [0.15, 0.2) is 0 Å². The topological polar surface area (TPSA) is 15.3 Å². The highest BCUT2D eigenvalue weighted by atomic mass is 15.1. The predicted octanol–water partition coefficient (Wildman–Crippen LogP) is 2.11. The normalized spacial score (nSPS) is 22.5. The lowest BCUT2D eigenvalue weighted by molar-refractivity contribution is 0.188. The number of piperidine rings is 1. The van der Waals surface area contributed by atoms with Gasteiger partial charge in [-0.15, -0.1) is 0 Å². The SMILES string of the molecule is CNC(C)CCCN1CCC(C)CC1. The average molecular weight is 198 g/mol. The number of hydrogen-bond donors (Lipinski definition) is 1. The van der Waals surface area contributed by atoms with E-state index in [4.69, 9.17) is 0 Å². The van der Waals surface area contributed by atoms with Gasteiger partial charge in [0, 0.05) is 6.04 Å². The third-order valence-electron chi connectivity index (χ3n) is 3.48. The van der Waals surface area contributed by atoms with Crippen molar-refractivity contribution in [2.45, 2.75) is 45.6 Å². The Hall–Kier alpha value is -0.0800. The number of hydrogen-bond acceptors (Lipinski definition) is 2. The van der Waals surface area contributed by atoms with E-state index in [1.807, 2.05) is 7.05 Å². The molecule has 1 fully saturated rings. The van der Waals surface area contributed by atoms with Crippen LogP contribution in [0, 0.1) is 5.92 Å². The third-order valence-corrected chi connectivity index (χ3v) is 3.48. The van der Waals surface area contributed by atoms with Crippen LogP contribution < -0.4 is 5.32 Å². The maximum atomic E-state index is 3.29. The maximum absolute atomic E-state index is 3.29. The van der Waals surface area contributed by atoms with Gasteiger partial charge in [-0.25, -0.2) is 0 Å². The Morgan fingerprint density at radius 2 is 2.00 bits per heavy atom. The molecule has 0 spiro atoms. The van der Waals surface area contributed by atoms with Gasteiger partial charge in [-0.2, -0.15) is 0 Å². The van der Waals surface area contributed by atoms with E-state index in [1.165, 1.54) is 45.3 Å². The van der Waals surface area contributed by atoms with Gasteiger partial charge in [0.1, 0.15) is 0 Å². The summed E-state index contributed by atoms with van der Waals surface area (Å²) in [7, 11) is 2.05. The summed E-state index contributed by atoms with van der Waals surface area (Å²) in [6.07, 6.45) is 5.46. The number of nitrogens with one attached hydrogen (secondary N) is 1. The predicted molar refractivity (Wildman–Crippen MR) is 62.6 cm³/mol. The van der Waals surface area contributed by atoms with E-state index in [2.05, 4.69) is 24.1 Å². The summed E-state index contributed by atoms with van der Waals surface area (Å²) < 4.78 is 0. The molecule has 2 nitrogen and oxygen atoms in total. The fraction of sp³-hybridized carbons (Fsp3) is 1.00. The molecule has 1 unspecified atom stereocenters. The third kappa shape index (κ3) is 4.43. The summed E-state index contributed by atoms with van der Waals surface area (Å²) >= 11 is 0. The standard InChI is InChI=1S/C12H26N2/c1-11-6-9-14(10-7-11)8-4-5-12(2)13-3/h11-13H,4-10H2,1-3H3. The second-order valence-corrected chi connectivity index (χ2v) is 4.86. The van der Waals surface area contributed by atoms with Crippen LogP contribution in [0.5, 0.6) is 0 Å². The van der Waals surface area contributed by atoms with Gasteiger partial charge in [-0.3, -0.25) is 0 Å². The van der Waals surface area contributed by atoms with Crippen molar-refractivity contribution in [3.63, 3.8) is 0 Å². The van der Waals surface area contributed by atoms with E-state index in [0.29, 0.717) is 6.04 Å². The highest BCUT2D eigenvalue weighted by molar-refractivity contribution is 4.69. The highest BCUT2D eigenvalue weighted by Gasteiger charge is 2.14. The van der Waals surface area contributed by atoms with Crippen molar-refractivity contribution in [3.05, 3.63) is 0 Å². The summed E-state index contributed by atoms with van der Waals surface area (Å²) in [6.45, 7) is 8.60. The molecule has 0 radical (unpaired) electrons. The van der Waals surface area contributed by atoms with Crippen molar-refractivity contribution in [1.29, 1.82) is 0 Å². The number of likely N-dealkylation sites (tertiary alicyclic amines) is 1. The van der Waals surface area contributed by atoms with Gasteiger partial charge in [0.05, 0.1) is 0 Å². The first-order chi connectivity index (χ1) is 6.72. The molecule has 1 aliphatic rings. The summed E-state index contributed by atoms with van der Waals surface area (Å²) in [5, 5.41) is 3.29. The van der Waals surface area contributed by atoms with Crippen LogP contribution in [-0.2, 0) is 0 Å². The Morgan fingerprint density at radius 3 is 2.57 bits per heavy atom. The minimum atomic E-state index is 0.679. The lowest BCUT2D eigenvalue weighted by Gasteiger charge is -2.30. The summed E-state index contributed by atoms with van der Waals surface area (Å²) in [4.78, 5) is 2.63. The molecule has 14 heavy (non-hydrogen) atoms. The molecular formula is C12H26N2. The van der Waals surface area contributed by atoms with E-state index in [1.54, 1.807) is 0 Å². The van der Waals surface area contributed by atoms with Crippen molar-refractivity contribution < 1.29 is 0 Å². The quantitative estimate of drug-likeness (QED) is 0.728. The van der Waals surface area contributed by atoms with Crippen molar-refractivity contribution in [2.24, 2.45) is 5.92 Å². The Labute approximate surface area is 89.1 Å². The molecule has 84 valence electrons. The van der Waals surface area contributed by atoms with E-state index >= 15 is 0 Å². The molecule has 0 bridgehead atoms. The minimum absolute atomic E-state index is 0.679. The Morgan fingerprint density at radius 1 is 1.36 bits per heavy atom. The summed E-state index contributed by atoms with van der Waals surface area (Å²) in [6, 6.07) is 0.679. The van der Waals surface area contributed by atoms with Crippen LogP contribution in [0.2, 0.25) is 0 Å². The smallest absolute Gasteiger partial charge is 0.00362 e. The fourth-order valence-corrected chi connectivity index (χ4v) is 2.05. The van der Waals surface area contributed by atoms with Gasteiger partial charge < -0.3 is 10.2 Å². The highest BCUT2D eigenvalue weighted by Crippen LogP contribution is 2.16. The van der Waals surface area contributed by atoms with Crippen molar-refractivity contribution in [3.8, 4) is 0 Å². The molecule has 0 aromatic heterocycles. The van der Waals surface area contributed by atoms with E-state index in [-0.39, 0.29) is 0 Å². The van der Waals surface area contributed by atoms with Crippen LogP contribution in [0.3, 0.4) is 0 Å². The lowest BCUT2D eigenvalue weighted by Crippen LogP contribution is -2.34. The summed E-state index contributed by atoms with van der Waals surface area (Å²) in [5.74, 6) is 0.961. The first-order valence-electron chi connectivity index (χ1n) is 6.12. The number of rotatable bonds is 5. The largest absolute Gasteiger partial charge is 0.317 e. The zero-order valence-corrected chi connectivity index (χ0v) is 10.1. The van der Waals surface area contributed by atoms with E-state index < -0.39 is 0 Å². The van der Waals surface area contributed by atoms with E-state index in [9.17, 15) is 0 Å². The van der Waals surface area contributed by atoms with Crippen LogP contribution in [0.15, 0.2) is 0 Å². The van der Waals surface area contributed by atoms with Gasteiger partial charge in [0.2, 0.25) is 0 Å². The first kappa shape index (κ1) is 12.0. The molecule has 0 aliphatic carbocycles. The molecule has 0 amide bonds. The van der Waals surface area contributed by atoms with Crippen LogP contribution in [0.4, 0.5) is 0 Å². The second-order valence-electron chi connectivity index (χ2n) is 4.86. The van der Waals surface area contributed by atoms with Crippen LogP contribution in [0.25, 0.3) is 0 Å². The first-order valence-corrected chi connectivity index (χ1v) is 6.12. The molecule has 1 aliphatic heterocycles. The molecule has 1 saturated heterocycles. The molecule has 0 aromatic carbocycles. The monoisotopic (exact) mass is 198 g/mol. The Kier molecular flexibility index (Phi) is 5.49. The molecular weight excluding hydrogens is 172 g/mol. The second kappa shape index (κ2) is 6.41. The lowest BCUT2D eigenvalue weighted by atomic mass is 9.99. The Bertz CT molecular complexity index is 139. The minimum Gasteiger partial charge on any atom is -0.317 e. The average Bonchev–Trinajstić information content (AvgIpc) is 2.21. The van der Waals surface area contributed by atoms with Crippen molar-refractivity contribution in [2.75, 3.05) is 26.7 Å². The van der Waals surface area contributed by atoms with Crippen LogP contribution in [-0.4, -0.2) is 37.6 Å². The zero-order valence-electron chi connectivity index (χ0n) is 10.1. The van der Waals surface area contributed by atoms with Crippen molar-refractivity contribution >= 4 is 0 Å². The molecule has 2 heteroatoms. The summed E-state index contributed by atoms with van der Waals surface area (Å²) in [5.41, 5.74) is 0. The van der Waals surface area contributed by atoms with Gasteiger partial charge in [-0.1, -0.05) is 6.92 Å². The van der Waals surface area contributed by atoms with Crippen LogP contribution >= 0.6 is 0 Å². The number of nitrogens with zero attached hydrogens (tertiary/aromatic N) is 1. The van der Waals surface area contributed by atoms with Gasteiger partial charge in [-0.05, 0) is 65.2 Å². The van der Waals surface area contributed by atoms with Gasteiger partial charge >= 0.3 is 0 Å². The molecule has 0 aromatic rings. The molecule has 1 rings (SSSR count).